The number of hydrogen-bond donors (Lipinski definition) is 1. The average Bonchev–Trinajstić information content (AvgIpc) is 2.73. The van der Waals surface area contributed by atoms with Gasteiger partial charge in [0.25, 0.3) is 5.91 Å². The van der Waals surface area contributed by atoms with Crippen LogP contribution in [0, 0.1) is 5.92 Å². The van der Waals surface area contributed by atoms with Gasteiger partial charge in [-0.15, -0.1) is 0 Å². The molecule has 0 aromatic carbocycles. The minimum atomic E-state index is -0.218. The van der Waals surface area contributed by atoms with Gasteiger partial charge in [0.05, 0.1) is 0 Å². The molecular weight excluding hydrogens is 264 g/mol. The molecule has 4 heteroatoms. The molecule has 1 unspecified atom stereocenters. The maximum absolute atomic E-state index is 11.5. The molecule has 1 aromatic rings. The molecule has 1 aliphatic rings. The summed E-state index contributed by atoms with van der Waals surface area (Å²) >= 11 is 0. The number of pyridine rings is 1. The lowest BCUT2D eigenvalue weighted by atomic mass is 10.1. The number of allylic oxidation sites excluding steroid dienone is 3. The van der Waals surface area contributed by atoms with Gasteiger partial charge in [0.2, 0.25) is 0 Å². The number of ether oxygens (including phenoxy) is 1. The highest BCUT2D eigenvalue weighted by Crippen LogP contribution is 2.20. The lowest BCUT2D eigenvalue weighted by Gasteiger charge is -2.07. The van der Waals surface area contributed by atoms with Gasteiger partial charge >= 0.3 is 0 Å². The summed E-state index contributed by atoms with van der Waals surface area (Å²) in [5.74, 6) is 1.79. The number of hydrogen-bond acceptors (Lipinski definition) is 3. The van der Waals surface area contributed by atoms with Gasteiger partial charge in [-0.25, -0.2) is 0 Å². The first-order valence-electron chi connectivity index (χ1n) is 7.43. The maximum Gasteiger partial charge on any atom is 0.269 e. The Balaban J connectivity index is 0.00000106. The second-order valence-electron chi connectivity index (χ2n) is 4.58. The van der Waals surface area contributed by atoms with Crippen molar-refractivity contribution < 1.29 is 9.53 Å². The molecule has 0 saturated carbocycles. The first-order valence-corrected chi connectivity index (χ1v) is 7.43. The molecule has 4 nitrogen and oxygen atoms in total. The maximum atomic E-state index is 11.5. The highest BCUT2D eigenvalue weighted by atomic mass is 16.5. The van der Waals surface area contributed by atoms with Crippen LogP contribution in [-0.2, 0) is 0 Å². The third-order valence-corrected chi connectivity index (χ3v) is 2.98. The second-order valence-corrected chi connectivity index (χ2v) is 4.58. The van der Waals surface area contributed by atoms with Crippen LogP contribution in [0.15, 0.2) is 42.3 Å². The van der Waals surface area contributed by atoms with E-state index in [2.05, 4.69) is 29.4 Å². The van der Waals surface area contributed by atoms with Crippen molar-refractivity contribution in [1.29, 1.82) is 0 Å². The molecule has 0 fully saturated rings. The number of nitrogens with zero attached hydrogens (tertiary/aromatic N) is 1. The highest BCUT2D eigenvalue weighted by molar-refractivity contribution is 5.92. The van der Waals surface area contributed by atoms with Gasteiger partial charge in [-0.3, -0.25) is 9.78 Å². The first-order chi connectivity index (χ1) is 10.2. The Labute approximate surface area is 126 Å². The van der Waals surface area contributed by atoms with Gasteiger partial charge in [0.15, 0.2) is 0 Å². The molecule has 2 rings (SSSR count). The van der Waals surface area contributed by atoms with Crippen molar-refractivity contribution in [3.05, 3.63) is 48.0 Å². The molecule has 0 saturated heterocycles. The molecule has 0 spiro atoms. The largest absolute Gasteiger partial charge is 0.458 e. The topological polar surface area (TPSA) is 51.2 Å². The van der Waals surface area contributed by atoms with E-state index in [-0.39, 0.29) is 5.91 Å². The Kier molecular flexibility index (Phi) is 7.23. The Morgan fingerprint density at radius 3 is 2.90 bits per heavy atom. The van der Waals surface area contributed by atoms with Crippen LogP contribution in [0.25, 0.3) is 0 Å². The molecule has 1 atom stereocenters. The molecule has 1 heterocycles. The Hall–Kier alpha value is -2.10. The van der Waals surface area contributed by atoms with Gasteiger partial charge in [-0.1, -0.05) is 26.8 Å². The van der Waals surface area contributed by atoms with Crippen LogP contribution in [0.3, 0.4) is 0 Å². The van der Waals surface area contributed by atoms with Crippen molar-refractivity contribution in [2.45, 2.75) is 33.6 Å². The fraction of sp³-hybridized carbons (Fsp3) is 0.412. The van der Waals surface area contributed by atoms with E-state index in [1.807, 2.05) is 19.9 Å². The van der Waals surface area contributed by atoms with Crippen LogP contribution in [-0.4, -0.2) is 17.9 Å². The van der Waals surface area contributed by atoms with Crippen molar-refractivity contribution in [3.63, 3.8) is 0 Å². The fourth-order valence-electron chi connectivity index (χ4n) is 1.85. The van der Waals surface area contributed by atoms with Crippen LogP contribution in [0.1, 0.15) is 44.1 Å². The van der Waals surface area contributed by atoms with E-state index >= 15 is 0 Å². The zero-order valence-electron chi connectivity index (χ0n) is 13.2. The standard InChI is InChI=1S/C15H18N2O2.C2H6/c1-11-4-3-5-12(7-6-11)19-13-8-9-17-14(10-13)15(18)16-2;1-2/h5-11H,3-4H2,1-2H3,(H,16,18);1-2H3. The Bertz CT molecular complexity index is 521. The van der Waals surface area contributed by atoms with Gasteiger partial charge in [0.1, 0.15) is 17.2 Å². The molecule has 0 radical (unpaired) electrons. The average molecular weight is 288 g/mol. The van der Waals surface area contributed by atoms with E-state index in [1.165, 1.54) is 0 Å². The third-order valence-electron chi connectivity index (χ3n) is 2.98. The molecule has 1 aliphatic carbocycles. The smallest absolute Gasteiger partial charge is 0.269 e. The zero-order valence-corrected chi connectivity index (χ0v) is 13.2. The summed E-state index contributed by atoms with van der Waals surface area (Å²) in [6.07, 6.45) is 9.89. The number of carbonyl (C=O) groups is 1. The van der Waals surface area contributed by atoms with Crippen molar-refractivity contribution in [2.75, 3.05) is 7.05 Å². The quantitative estimate of drug-likeness (QED) is 0.922. The third kappa shape index (κ3) is 5.42. The lowest BCUT2D eigenvalue weighted by molar-refractivity contribution is 0.0958. The van der Waals surface area contributed by atoms with Crippen molar-refractivity contribution in [2.24, 2.45) is 5.92 Å². The summed E-state index contributed by atoms with van der Waals surface area (Å²) < 4.78 is 5.77. The summed E-state index contributed by atoms with van der Waals surface area (Å²) in [5.41, 5.74) is 0.353. The van der Waals surface area contributed by atoms with Crippen LogP contribution in [0.5, 0.6) is 5.75 Å². The SMILES string of the molecule is CC.CNC(=O)c1cc(OC2=CCCC(C)C=C2)ccn1. The Morgan fingerprint density at radius 2 is 2.19 bits per heavy atom. The second kappa shape index (κ2) is 8.95. The minimum Gasteiger partial charge on any atom is -0.458 e. The van der Waals surface area contributed by atoms with Gasteiger partial charge < -0.3 is 10.1 Å². The number of rotatable bonds is 3. The number of nitrogens with one attached hydrogen (secondary N) is 1. The van der Waals surface area contributed by atoms with Gasteiger partial charge in [-0.05, 0) is 37.0 Å². The molecule has 114 valence electrons. The first kappa shape index (κ1) is 17.0. The summed E-state index contributed by atoms with van der Waals surface area (Å²) in [4.78, 5) is 15.5. The molecule has 1 N–H and O–H groups in total. The summed E-state index contributed by atoms with van der Waals surface area (Å²) in [7, 11) is 1.58. The molecule has 0 aliphatic heterocycles. The Morgan fingerprint density at radius 1 is 1.43 bits per heavy atom. The molecule has 21 heavy (non-hydrogen) atoms. The van der Waals surface area contributed by atoms with E-state index in [1.54, 1.807) is 25.4 Å². The number of carbonyl (C=O) groups excluding carboxylic acids is 1. The van der Waals surface area contributed by atoms with Gasteiger partial charge in [0, 0.05) is 19.3 Å². The van der Waals surface area contributed by atoms with E-state index in [9.17, 15) is 4.79 Å². The van der Waals surface area contributed by atoms with Crippen LogP contribution in [0.4, 0.5) is 0 Å². The summed E-state index contributed by atoms with van der Waals surface area (Å²) in [6.45, 7) is 6.18. The van der Waals surface area contributed by atoms with Crippen LogP contribution >= 0.6 is 0 Å². The van der Waals surface area contributed by atoms with Crippen LogP contribution in [0.2, 0.25) is 0 Å². The molecule has 0 bridgehead atoms. The predicted octanol–water partition coefficient (Wildman–Crippen LogP) is 3.72. The van der Waals surface area contributed by atoms with Crippen molar-refractivity contribution >= 4 is 5.91 Å². The van der Waals surface area contributed by atoms with E-state index in [4.69, 9.17) is 4.74 Å². The fourth-order valence-corrected chi connectivity index (χ4v) is 1.85. The highest BCUT2D eigenvalue weighted by Gasteiger charge is 2.08. The van der Waals surface area contributed by atoms with Crippen molar-refractivity contribution in [1.82, 2.24) is 10.3 Å². The van der Waals surface area contributed by atoms with E-state index < -0.39 is 0 Å². The minimum absolute atomic E-state index is 0.218. The number of aromatic nitrogens is 1. The van der Waals surface area contributed by atoms with E-state index in [0.29, 0.717) is 17.4 Å². The summed E-state index contributed by atoms with van der Waals surface area (Å²) in [5, 5.41) is 2.54. The van der Waals surface area contributed by atoms with Crippen LogP contribution < -0.4 is 10.1 Å². The molecule has 1 aromatic heterocycles. The zero-order chi connectivity index (χ0) is 15.7. The van der Waals surface area contributed by atoms with Gasteiger partial charge in [-0.2, -0.15) is 0 Å². The van der Waals surface area contributed by atoms with Crippen molar-refractivity contribution in [3.8, 4) is 5.75 Å². The monoisotopic (exact) mass is 288 g/mol. The summed E-state index contributed by atoms with van der Waals surface area (Å²) in [6, 6.07) is 3.39. The number of amides is 1. The predicted molar refractivity (Wildman–Crippen MR) is 85.2 cm³/mol. The normalized spacial score (nSPS) is 17.0. The lowest BCUT2D eigenvalue weighted by Crippen LogP contribution is -2.19. The molecule has 1 amide bonds. The van der Waals surface area contributed by atoms with E-state index in [0.717, 1.165) is 18.6 Å². The molecular formula is C17H24N2O2.